The van der Waals surface area contributed by atoms with Gasteiger partial charge in [-0.05, 0) is 72.1 Å². The number of aryl methyl sites for hydroxylation is 1. The van der Waals surface area contributed by atoms with Crippen LogP contribution >= 0.6 is 23.1 Å². The van der Waals surface area contributed by atoms with Crippen molar-refractivity contribution in [3.05, 3.63) is 56.2 Å². The maximum Gasteiger partial charge on any atom is 0.357 e. The summed E-state index contributed by atoms with van der Waals surface area (Å²) in [4.78, 5) is 57.3. The summed E-state index contributed by atoms with van der Waals surface area (Å²) in [5.74, 6) is 0.753. The molecular weight excluding hydrogens is 657 g/mol. The molecule has 3 N–H and O–H groups in total. The average Bonchev–Trinajstić information content (AvgIpc) is 3.35. The SMILES string of the molecule is COC(=O)c1nc(NC(=O)[C@@H](CCSC)Nc2ccc3c(cc2=O)[C@@H](NC(C)=O)CCc2cc(OC)c(OC)c(OC)c2-3)sc1C(C)C. The van der Waals surface area contributed by atoms with Crippen LogP contribution in [0.5, 0.6) is 17.2 Å². The van der Waals surface area contributed by atoms with Crippen molar-refractivity contribution in [3.8, 4) is 28.4 Å². The lowest BCUT2D eigenvalue weighted by molar-refractivity contribution is -0.120. The molecule has 0 spiro atoms. The number of carbonyl (C=O) groups excluding carboxylic acids is 3. The van der Waals surface area contributed by atoms with E-state index in [1.807, 2.05) is 26.2 Å². The molecule has 1 aromatic heterocycles. The number of carbonyl (C=O) groups is 3. The predicted molar refractivity (Wildman–Crippen MR) is 189 cm³/mol. The van der Waals surface area contributed by atoms with Gasteiger partial charge in [0.1, 0.15) is 6.04 Å². The number of thiazole rings is 1. The number of fused-ring (bicyclic) bond motifs is 3. The topological polar surface area (TPSA) is 154 Å². The molecule has 0 saturated heterocycles. The minimum atomic E-state index is -0.808. The average molecular weight is 699 g/mol. The van der Waals surface area contributed by atoms with Crippen LogP contribution in [0.25, 0.3) is 11.1 Å². The van der Waals surface area contributed by atoms with Crippen LogP contribution in [0.1, 0.15) is 72.1 Å². The van der Waals surface area contributed by atoms with Crippen LogP contribution in [-0.2, 0) is 20.7 Å². The first-order valence-corrected chi connectivity index (χ1v) is 17.6. The van der Waals surface area contributed by atoms with E-state index in [1.54, 1.807) is 31.0 Å². The lowest BCUT2D eigenvalue weighted by atomic mass is 9.95. The number of anilines is 2. The summed E-state index contributed by atoms with van der Waals surface area (Å²) in [5, 5.41) is 9.27. The monoisotopic (exact) mass is 698 g/mol. The van der Waals surface area contributed by atoms with Gasteiger partial charge in [0.15, 0.2) is 22.3 Å². The quantitative estimate of drug-likeness (QED) is 0.197. The zero-order chi connectivity index (χ0) is 35.1. The van der Waals surface area contributed by atoms with Gasteiger partial charge in [0, 0.05) is 17.4 Å². The summed E-state index contributed by atoms with van der Waals surface area (Å²) in [6.07, 6.45) is 3.42. The summed E-state index contributed by atoms with van der Waals surface area (Å²) < 4.78 is 22.0. The molecule has 4 rings (SSSR count). The molecule has 14 heteroatoms. The Balaban J connectivity index is 1.80. The Bertz CT molecular complexity index is 1740. The van der Waals surface area contributed by atoms with Gasteiger partial charge in [-0.25, -0.2) is 9.78 Å². The second-order valence-electron chi connectivity index (χ2n) is 11.4. The number of hydrogen-bond acceptors (Lipinski definition) is 12. The lowest BCUT2D eigenvalue weighted by Crippen LogP contribution is -2.36. The maximum absolute atomic E-state index is 13.9. The van der Waals surface area contributed by atoms with Crippen LogP contribution in [0.2, 0.25) is 0 Å². The Hall–Kier alpha value is -4.30. The molecule has 2 atom stereocenters. The van der Waals surface area contributed by atoms with Gasteiger partial charge in [-0.2, -0.15) is 11.8 Å². The largest absolute Gasteiger partial charge is 0.493 e. The number of nitrogens with zero attached hydrogens (tertiary/aromatic N) is 1. The number of benzene rings is 1. The van der Waals surface area contributed by atoms with E-state index in [-0.39, 0.29) is 33.8 Å². The lowest BCUT2D eigenvalue weighted by Gasteiger charge is -2.19. The van der Waals surface area contributed by atoms with Gasteiger partial charge in [0.05, 0.1) is 40.2 Å². The molecule has 0 unspecified atom stereocenters. The maximum atomic E-state index is 13.9. The number of methoxy groups -OCH3 is 4. The minimum Gasteiger partial charge on any atom is -0.493 e. The number of thioether (sulfide) groups is 1. The third-order valence-electron chi connectivity index (χ3n) is 7.96. The highest BCUT2D eigenvalue weighted by atomic mass is 32.2. The molecule has 1 heterocycles. The minimum absolute atomic E-state index is 0.0126. The molecule has 0 aliphatic heterocycles. The van der Waals surface area contributed by atoms with Gasteiger partial charge < -0.3 is 34.9 Å². The Labute approximate surface area is 288 Å². The van der Waals surface area contributed by atoms with E-state index in [9.17, 15) is 19.2 Å². The van der Waals surface area contributed by atoms with E-state index in [2.05, 4.69) is 20.9 Å². The number of ether oxygens (including phenoxy) is 4. The molecule has 1 aliphatic carbocycles. The Morgan fingerprint density at radius 1 is 1.06 bits per heavy atom. The van der Waals surface area contributed by atoms with Crippen LogP contribution in [0, 0.1) is 0 Å². The number of amides is 2. The van der Waals surface area contributed by atoms with E-state index in [0.29, 0.717) is 58.3 Å². The van der Waals surface area contributed by atoms with Crippen LogP contribution in [0.15, 0.2) is 29.1 Å². The third kappa shape index (κ3) is 7.87. The number of hydrogen-bond donors (Lipinski definition) is 3. The van der Waals surface area contributed by atoms with Crippen LogP contribution < -0.4 is 35.6 Å². The van der Waals surface area contributed by atoms with Crippen LogP contribution in [0.3, 0.4) is 0 Å². The van der Waals surface area contributed by atoms with Crippen LogP contribution in [-0.4, -0.2) is 69.3 Å². The van der Waals surface area contributed by atoms with E-state index >= 15 is 0 Å². The second kappa shape index (κ2) is 16.2. The molecule has 0 fully saturated rings. The van der Waals surface area contributed by atoms with Gasteiger partial charge in [-0.3, -0.25) is 14.4 Å². The second-order valence-corrected chi connectivity index (χ2v) is 13.5. The molecular formula is C34H42N4O8S2. The molecule has 0 bridgehead atoms. The van der Waals surface area contributed by atoms with Crippen molar-refractivity contribution in [1.29, 1.82) is 0 Å². The number of nitrogens with one attached hydrogen (secondary N) is 3. The number of esters is 1. The Kier molecular flexibility index (Phi) is 12.3. The zero-order valence-electron chi connectivity index (χ0n) is 28.4. The first-order valence-electron chi connectivity index (χ1n) is 15.4. The first-order chi connectivity index (χ1) is 23.0. The molecule has 0 saturated carbocycles. The van der Waals surface area contributed by atoms with E-state index in [0.717, 1.165) is 11.1 Å². The van der Waals surface area contributed by atoms with Crippen molar-refractivity contribution in [2.75, 3.05) is 51.1 Å². The highest BCUT2D eigenvalue weighted by molar-refractivity contribution is 7.98. The fourth-order valence-corrected chi connectivity index (χ4v) is 7.16. The van der Waals surface area contributed by atoms with E-state index < -0.39 is 24.0 Å². The van der Waals surface area contributed by atoms with Crippen molar-refractivity contribution < 1.29 is 33.3 Å². The molecule has 12 nitrogen and oxygen atoms in total. The van der Waals surface area contributed by atoms with Gasteiger partial charge in [-0.15, -0.1) is 11.3 Å². The highest BCUT2D eigenvalue weighted by Gasteiger charge is 2.30. The number of rotatable bonds is 13. The smallest absolute Gasteiger partial charge is 0.357 e. The van der Waals surface area contributed by atoms with Crippen molar-refractivity contribution >= 4 is 51.7 Å². The standard InChI is InChI=1S/C34H42N4O8S2/c1-17(2)31-28(33(42)46-7)37-34(48-31)38-32(41)24(13-14-47-8)36-23-12-10-20-21(16-25(23)40)22(35-18(3)39)11-9-19-15-26(43-4)29(44-5)30(45-6)27(19)20/h10,12,15-17,22,24H,9,11,13-14H2,1-8H3,(H,35,39)(H,36,40)(H,37,38,41)/t22-,24+/m0/s1. The van der Waals surface area contributed by atoms with Crippen molar-refractivity contribution in [2.45, 2.75) is 58.0 Å². The van der Waals surface area contributed by atoms with Crippen molar-refractivity contribution in [3.63, 3.8) is 0 Å². The highest BCUT2D eigenvalue weighted by Crippen LogP contribution is 2.50. The molecule has 2 amide bonds. The van der Waals surface area contributed by atoms with Gasteiger partial charge in [0.25, 0.3) is 0 Å². The third-order valence-corrected chi connectivity index (χ3v) is 9.87. The molecule has 1 aliphatic rings. The number of aromatic nitrogens is 1. The summed E-state index contributed by atoms with van der Waals surface area (Å²) in [5.41, 5.74) is 2.91. The van der Waals surface area contributed by atoms with Gasteiger partial charge in [-0.1, -0.05) is 19.9 Å². The summed E-state index contributed by atoms with van der Waals surface area (Å²) >= 11 is 2.78. The normalized spacial score (nSPS) is 14.1. The molecule has 258 valence electrons. The molecule has 2 aromatic carbocycles. The molecule has 48 heavy (non-hydrogen) atoms. The Morgan fingerprint density at radius 2 is 1.79 bits per heavy atom. The molecule has 0 radical (unpaired) electrons. The van der Waals surface area contributed by atoms with E-state index in [4.69, 9.17) is 18.9 Å². The van der Waals surface area contributed by atoms with E-state index in [1.165, 1.54) is 45.7 Å². The first kappa shape index (κ1) is 36.5. The molecule has 3 aromatic rings. The summed E-state index contributed by atoms with van der Waals surface area (Å²) in [7, 11) is 5.90. The Morgan fingerprint density at radius 3 is 2.40 bits per heavy atom. The predicted octanol–water partition coefficient (Wildman–Crippen LogP) is 5.40. The fourth-order valence-electron chi connectivity index (χ4n) is 5.73. The van der Waals surface area contributed by atoms with Gasteiger partial charge >= 0.3 is 5.97 Å². The van der Waals surface area contributed by atoms with Crippen LogP contribution in [0.4, 0.5) is 10.8 Å². The summed E-state index contributed by atoms with van der Waals surface area (Å²) in [6, 6.07) is 5.56. The summed E-state index contributed by atoms with van der Waals surface area (Å²) in [6.45, 7) is 5.30. The van der Waals surface area contributed by atoms with Crippen molar-refractivity contribution in [2.24, 2.45) is 0 Å². The van der Waals surface area contributed by atoms with Crippen molar-refractivity contribution in [1.82, 2.24) is 10.3 Å². The van der Waals surface area contributed by atoms with Gasteiger partial charge in [0.2, 0.25) is 23.0 Å². The fraction of sp³-hybridized carbons (Fsp3) is 0.441. The zero-order valence-corrected chi connectivity index (χ0v) is 30.0.